The zero-order valence-corrected chi connectivity index (χ0v) is 9.68. The predicted molar refractivity (Wildman–Crippen MR) is 61.8 cm³/mol. The van der Waals surface area contributed by atoms with Gasteiger partial charge in [-0.25, -0.2) is 0 Å². The van der Waals surface area contributed by atoms with Crippen LogP contribution in [-0.2, 0) is 0 Å². The molecular weight excluding hydrogens is 204 g/mol. The molecule has 2 fully saturated rings. The molecule has 3 heteroatoms. The van der Waals surface area contributed by atoms with Gasteiger partial charge < -0.3 is 15.3 Å². The van der Waals surface area contributed by atoms with E-state index in [4.69, 9.17) is 0 Å². The first-order valence-electron chi connectivity index (χ1n) is 6.25. The molecule has 2 aliphatic carbocycles. The molecule has 0 aromatic heterocycles. The molecule has 0 aliphatic heterocycles. The first-order chi connectivity index (χ1) is 7.56. The molecule has 0 bridgehead atoms. The Balaban J connectivity index is 1.90. The Morgan fingerprint density at radius 1 is 1.19 bits per heavy atom. The summed E-state index contributed by atoms with van der Waals surface area (Å²) >= 11 is 0. The summed E-state index contributed by atoms with van der Waals surface area (Å²) in [6.07, 6.45) is 5.57. The van der Waals surface area contributed by atoms with Crippen LogP contribution in [0, 0.1) is 11.8 Å². The molecule has 4 atom stereocenters. The Hall–Kier alpha value is -0.380. The van der Waals surface area contributed by atoms with Crippen LogP contribution >= 0.6 is 0 Å². The van der Waals surface area contributed by atoms with Crippen molar-refractivity contribution in [1.29, 1.82) is 0 Å². The Morgan fingerprint density at radius 2 is 1.81 bits per heavy atom. The molecule has 0 aromatic carbocycles. The number of aliphatic hydroxyl groups is 3. The van der Waals surface area contributed by atoms with Crippen molar-refractivity contribution in [3.8, 4) is 0 Å². The first-order valence-corrected chi connectivity index (χ1v) is 6.25. The highest BCUT2D eigenvalue weighted by atomic mass is 16.3. The standard InChI is InChI=1S/C13H22O3/c1-2-3-9-10(12(15)8-11(9)14)4-5-13(16)6-7-13/h2,9-12,14-16H,1,3-8H2/t9-,10?,11+,12?/m1/s1. The van der Waals surface area contributed by atoms with E-state index in [1.807, 2.05) is 6.08 Å². The number of hydrogen-bond donors (Lipinski definition) is 3. The molecule has 92 valence electrons. The van der Waals surface area contributed by atoms with Gasteiger partial charge in [0.05, 0.1) is 17.8 Å². The molecule has 3 N–H and O–H groups in total. The van der Waals surface area contributed by atoms with Gasteiger partial charge in [-0.3, -0.25) is 0 Å². The summed E-state index contributed by atoms with van der Waals surface area (Å²) in [5.74, 6) is 0.243. The molecule has 0 aromatic rings. The van der Waals surface area contributed by atoms with E-state index in [9.17, 15) is 15.3 Å². The molecule has 0 heterocycles. The van der Waals surface area contributed by atoms with Crippen molar-refractivity contribution in [3.05, 3.63) is 12.7 Å². The third-order valence-electron chi connectivity index (χ3n) is 4.23. The topological polar surface area (TPSA) is 60.7 Å². The minimum Gasteiger partial charge on any atom is -0.393 e. The van der Waals surface area contributed by atoms with Crippen LogP contribution in [0.1, 0.15) is 38.5 Å². The minimum atomic E-state index is -0.452. The van der Waals surface area contributed by atoms with E-state index in [0.717, 1.165) is 32.1 Å². The van der Waals surface area contributed by atoms with Gasteiger partial charge in [-0.1, -0.05) is 6.08 Å². The third-order valence-corrected chi connectivity index (χ3v) is 4.23. The van der Waals surface area contributed by atoms with Crippen molar-refractivity contribution in [1.82, 2.24) is 0 Å². The van der Waals surface area contributed by atoms with Gasteiger partial charge in [0.2, 0.25) is 0 Å². The van der Waals surface area contributed by atoms with Crippen LogP contribution in [0.2, 0.25) is 0 Å². The number of hydrogen-bond acceptors (Lipinski definition) is 3. The van der Waals surface area contributed by atoms with Gasteiger partial charge >= 0.3 is 0 Å². The van der Waals surface area contributed by atoms with Crippen molar-refractivity contribution in [2.45, 2.75) is 56.3 Å². The van der Waals surface area contributed by atoms with Gasteiger partial charge in [0, 0.05) is 0 Å². The van der Waals surface area contributed by atoms with Gasteiger partial charge in [-0.15, -0.1) is 6.58 Å². The average molecular weight is 226 g/mol. The van der Waals surface area contributed by atoms with Crippen molar-refractivity contribution in [2.24, 2.45) is 11.8 Å². The molecule has 3 nitrogen and oxygen atoms in total. The molecule has 0 amide bonds. The van der Waals surface area contributed by atoms with Crippen molar-refractivity contribution < 1.29 is 15.3 Å². The molecule has 2 rings (SSSR count). The smallest absolute Gasteiger partial charge is 0.0650 e. The molecule has 2 unspecified atom stereocenters. The summed E-state index contributed by atoms with van der Waals surface area (Å²) in [6.45, 7) is 3.70. The van der Waals surface area contributed by atoms with E-state index >= 15 is 0 Å². The number of rotatable bonds is 5. The second-order valence-electron chi connectivity index (χ2n) is 5.49. The van der Waals surface area contributed by atoms with Gasteiger partial charge in [0.25, 0.3) is 0 Å². The van der Waals surface area contributed by atoms with E-state index in [1.165, 1.54) is 0 Å². The van der Waals surface area contributed by atoms with E-state index in [-0.39, 0.29) is 11.8 Å². The van der Waals surface area contributed by atoms with Gasteiger partial charge in [-0.05, 0) is 50.4 Å². The van der Waals surface area contributed by atoms with Gasteiger partial charge in [-0.2, -0.15) is 0 Å². The fourth-order valence-electron chi connectivity index (χ4n) is 2.93. The largest absolute Gasteiger partial charge is 0.393 e. The van der Waals surface area contributed by atoms with Crippen LogP contribution < -0.4 is 0 Å². The van der Waals surface area contributed by atoms with Crippen LogP contribution in [0.3, 0.4) is 0 Å². The maximum Gasteiger partial charge on any atom is 0.0650 e. The summed E-state index contributed by atoms with van der Waals surface area (Å²) in [5, 5.41) is 29.5. The van der Waals surface area contributed by atoms with Crippen LogP contribution in [0.4, 0.5) is 0 Å². The number of allylic oxidation sites excluding steroid dienone is 1. The highest BCUT2D eigenvalue weighted by molar-refractivity contribution is 4.98. The van der Waals surface area contributed by atoms with Crippen molar-refractivity contribution >= 4 is 0 Å². The lowest BCUT2D eigenvalue weighted by Crippen LogP contribution is -2.23. The summed E-state index contributed by atoms with van der Waals surface area (Å²) in [7, 11) is 0. The highest BCUT2D eigenvalue weighted by Crippen LogP contribution is 2.44. The summed E-state index contributed by atoms with van der Waals surface area (Å²) in [4.78, 5) is 0. The van der Waals surface area contributed by atoms with Crippen molar-refractivity contribution in [3.63, 3.8) is 0 Å². The monoisotopic (exact) mass is 226 g/mol. The Labute approximate surface area is 96.8 Å². The summed E-state index contributed by atoms with van der Waals surface area (Å²) < 4.78 is 0. The molecular formula is C13H22O3. The van der Waals surface area contributed by atoms with Gasteiger partial charge in [0.15, 0.2) is 0 Å². The molecule has 0 radical (unpaired) electrons. The Kier molecular flexibility index (Phi) is 3.38. The molecule has 0 spiro atoms. The van der Waals surface area contributed by atoms with E-state index in [1.54, 1.807) is 0 Å². The zero-order chi connectivity index (χ0) is 11.8. The maximum absolute atomic E-state index is 9.90. The summed E-state index contributed by atoms with van der Waals surface area (Å²) in [5.41, 5.74) is -0.452. The van der Waals surface area contributed by atoms with Crippen LogP contribution in [0.5, 0.6) is 0 Å². The van der Waals surface area contributed by atoms with Crippen LogP contribution in [-0.4, -0.2) is 33.1 Å². The SMILES string of the molecule is C=CC[C@@H]1C(CCC2(O)CC2)C(O)C[C@@H]1O. The quantitative estimate of drug-likeness (QED) is 0.618. The normalized spacial score (nSPS) is 40.9. The van der Waals surface area contributed by atoms with Crippen LogP contribution in [0.25, 0.3) is 0 Å². The molecule has 2 aliphatic rings. The van der Waals surface area contributed by atoms with E-state index < -0.39 is 17.8 Å². The van der Waals surface area contributed by atoms with E-state index in [2.05, 4.69) is 6.58 Å². The van der Waals surface area contributed by atoms with Crippen molar-refractivity contribution in [2.75, 3.05) is 0 Å². The lowest BCUT2D eigenvalue weighted by atomic mass is 9.86. The fraction of sp³-hybridized carbons (Fsp3) is 0.846. The molecule has 16 heavy (non-hydrogen) atoms. The number of aliphatic hydroxyl groups excluding tert-OH is 2. The van der Waals surface area contributed by atoms with Crippen LogP contribution in [0.15, 0.2) is 12.7 Å². The minimum absolute atomic E-state index is 0.120. The third kappa shape index (κ3) is 2.47. The second kappa shape index (κ2) is 4.47. The first kappa shape index (κ1) is 12.1. The fourth-order valence-corrected chi connectivity index (χ4v) is 2.93. The van der Waals surface area contributed by atoms with E-state index in [0.29, 0.717) is 6.42 Å². The highest BCUT2D eigenvalue weighted by Gasteiger charge is 2.45. The molecule has 2 saturated carbocycles. The summed E-state index contributed by atoms with van der Waals surface area (Å²) in [6, 6.07) is 0. The Morgan fingerprint density at radius 3 is 2.38 bits per heavy atom. The van der Waals surface area contributed by atoms with Gasteiger partial charge in [0.1, 0.15) is 0 Å². The predicted octanol–water partition coefficient (Wildman–Crippen LogP) is 1.23. The maximum atomic E-state index is 9.90. The molecule has 0 saturated heterocycles. The second-order valence-corrected chi connectivity index (χ2v) is 5.49. The lowest BCUT2D eigenvalue weighted by Gasteiger charge is -2.23. The average Bonchev–Trinajstić information content (AvgIpc) is 2.89. The Bertz CT molecular complexity index is 260. The zero-order valence-electron chi connectivity index (χ0n) is 9.68. The lowest BCUT2D eigenvalue weighted by molar-refractivity contribution is 0.0798.